The number of hydrogen-bond donors (Lipinski definition) is 0. The lowest BCUT2D eigenvalue weighted by Crippen LogP contribution is -2.48. The Morgan fingerprint density at radius 2 is 1.65 bits per heavy atom. The molecule has 4 rings (SSSR count). The molecule has 0 atom stereocenters. The van der Waals surface area contributed by atoms with Crippen LogP contribution >= 0.6 is 0 Å². The fourth-order valence-corrected chi connectivity index (χ4v) is 5.22. The summed E-state index contributed by atoms with van der Waals surface area (Å²) in [5.74, 6) is -1.23. The number of anilines is 1. The number of nitrogens with zero attached hydrogens (tertiary/aromatic N) is 3. The maximum absolute atomic E-state index is 13.3. The van der Waals surface area contributed by atoms with Crippen LogP contribution in [-0.4, -0.2) is 44.1 Å². The molecule has 10 heteroatoms. The Morgan fingerprint density at radius 3 is 2.26 bits per heavy atom. The molecule has 1 saturated heterocycles. The van der Waals surface area contributed by atoms with Crippen LogP contribution in [-0.2, 0) is 16.2 Å². The molecule has 0 amide bonds. The molecule has 1 aliphatic rings. The third kappa shape index (κ3) is 4.31. The van der Waals surface area contributed by atoms with Crippen molar-refractivity contribution < 1.29 is 26.1 Å². The molecular formula is C21H20F3N3O3S. The second-order valence-electron chi connectivity index (χ2n) is 7.28. The van der Waals surface area contributed by atoms with Crippen molar-refractivity contribution in [1.82, 2.24) is 9.46 Å². The van der Waals surface area contributed by atoms with Gasteiger partial charge in [0.1, 0.15) is 5.69 Å². The first-order valence-electron chi connectivity index (χ1n) is 9.61. The molecule has 164 valence electrons. The van der Waals surface area contributed by atoms with Crippen LogP contribution < -0.4 is 4.90 Å². The van der Waals surface area contributed by atoms with Crippen LogP contribution in [0.2, 0.25) is 0 Å². The maximum Gasteiger partial charge on any atom is 0.452 e. The van der Waals surface area contributed by atoms with Gasteiger partial charge in [0.05, 0.1) is 4.90 Å². The third-order valence-corrected chi connectivity index (χ3v) is 7.29. The summed E-state index contributed by atoms with van der Waals surface area (Å²) >= 11 is 0. The Labute approximate surface area is 177 Å². The highest BCUT2D eigenvalue weighted by Gasteiger charge is 2.36. The minimum Gasteiger partial charge on any atom is -0.369 e. The van der Waals surface area contributed by atoms with Crippen molar-refractivity contribution >= 4 is 15.7 Å². The van der Waals surface area contributed by atoms with Gasteiger partial charge in [-0.15, -0.1) is 0 Å². The number of sulfonamides is 1. The van der Waals surface area contributed by atoms with Gasteiger partial charge in [-0.2, -0.15) is 17.5 Å². The van der Waals surface area contributed by atoms with Gasteiger partial charge in [-0.3, -0.25) is 0 Å². The summed E-state index contributed by atoms with van der Waals surface area (Å²) in [4.78, 5) is 2.17. The van der Waals surface area contributed by atoms with E-state index in [0.29, 0.717) is 31.7 Å². The van der Waals surface area contributed by atoms with Gasteiger partial charge < -0.3 is 9.42 Å². The van der Waals surface area contributed by atoms with E-state index in [1.54, 1.807) is 13.0 Å². The summed E-state index contributed by atoms with van der Waals surface area (Å²) in [7, 11) is -3.82. The number of aryl methyl sites for hydroxylation is 1. The molecule has 0 aliphatic carbocycles. The van der Waals surface area contributed by atoms with E-state index in [9.17, 15) is 21.6 Å². The summed E-state index contributed by atoms with van der Waals surface area (Å²) in [6, 6.07) is 14.9. The van der Waals surface area contributed by atoms with Crippen molar-refractivity contribution in [3.05, 3.63) is 65.9 Å². The first-order chi connectivity index (χ1) is 14.7. The van der Waals surface area contributed by atoms with Crippen molar-refractivity contribution in [1.29, 1.82) is 0 Å². The van der Waals surface area contributed by atoms with Crippen LogP contribution in [0, 0.1) is 6.92 Å². The Balaban J connectivity index is 1.57. The zero-order chi connectivity index (χ0) is 22.2. The molecule has 2 heterocycles. The predicted octanol–water partition coefficient (Wildman–Crippen LogP) is 4.18. The summed E-state index contributed by atoms with van der Waals surface area (Å²) in [6.45, 7) is 3.35. The molecule has 1 aliphatic heterocycles. The van der Waals surface area contributed by atoms with E-state index in [0.717, 1.165) is 11.8 Å². The lowest BCUT2D eigenvalue weighted by atomic mass is 10.1. The number of hydrogen-bond acceptors (Lipinski definition) is 5. The van der Waals surface area contributed by atoms with Gasteiger partial charge in [0.25, 0.3) is 0 Å². The average molecular weight is 451 g/mol. The molecule has 2 aromatic carbocycles. The molecule has 0 unspecified atom stereocenters. The standard InChI is InChI=1S/C21H20F3N3O3S/c1-15-7-8-16(18-14-20(30-25-18)21(22,23)24)13-19(15)31(28,29)27-11-9-26(10-12-27)17-5-3-2-4-6-17/h2-8,13-14H,9-12H2,1H3. The van der Waals surface area contributed by atoms with E-state index in [-0.39, 0.29) is 16.2 Å². The lowest BCUT2D eigenvalue weighted by Gasteiger charge is -2.35. The quantitative estimate of drug-likeness (QED) is 0.596. The van der Waals surface area contributed by atoms with Crippen molar-refractivity contribution in [2.75, 3.05) is 31.1 Å². The highest BCUT2D eigenvalue weighted by molar-refractivity contribution is 7.89. The summed E-state index contributed by atoms with van der Waals surface area (Å²) < 4.78 is 70.8. The zero-order valence-electron chi connectivity index (χ0n) is 16.6. The molecule has 0 bridgehead atoms. The first-order valence-corrected chi connectivity index (χ1v) is 11.1. The van der Waals surface area contributed by atoms with Crippen LogP contribution in [0.4, 0.5) is 18.9 Å². The van der Waals surface area contributed by atoms with Crippen LogP contribution in [0.15, 0.2) is 64.0 Å². The van der Waals surface area contributed by atoms with E-state index in [1.807, 2.05) is 30.3 Å². The van der Waals surface area contributed by atoms with Crippen molar-refractivity contribution in [2.24, 2.45) is 0 Å². The topological polar surface area (TPSA) is 66.7 Å². The number of piperazine rings is 1. The maximum atomic E-state index is 13.3. The largest absolute Gasteiger partial charge is 0.452 e. The molecular weight excluding hydrogens is 431 g/mol. The third-order valence-electron chi connectivity index (χ3n) is 5.25. The van der Waals surface area contributed by atoms with Gasteiger partial charge in [-0.05, 0) is 30.7 Å². The van der Waals surface area contributed by atoms with Crippen LogP contribution in [0.25, 0.3) is 11.3 Å². The molecule has 1 aromatic heterocycles. The smallest absolute Gasteiger partial charge is 0.369 e. The van der Waals surface area contributed by atoms with E-state index < -0.39 is 22.0 Å². The fourth-order valence-electron chi connectivity index (χ4n) is 3.55. The minimum atomic E-state index is -4.66. The molecule has 0 N–H and O–H groups in total. The average Bonchev–Trinajstić information content (AvgIpc) is 3.26. The number of benzene rings is 2. The van der Waals surface area contributed by atoms with Crippen molar-refractivity contribution in [3.63, 3.8) is 0 Å². The second kappa shape index (κ2) is 8.01. The second-order valence-corrected chi connectivity index (χ2v) is 9.19. The van der Waals surface area contributed by atoms with E-state index in [4.69, 9.17) is 0 Å². The van der Waals surface area contributed by atoms with Crippen LogP contribution in [0.5, 0.6) is 0 Å². The summed E-state index contributed by atoms with van der Waals surface area (Å²) in [5.41, 5.74) is 1.71. The summed E-state index contributed by atoms with van der Waals surface area (Å²) in [6.07, 6.45) is -4.66. The number of aromatic nitrogens is 1. The van der Waals surface area contributed by atoms with Gasteiger partial charge >= 0.3 is 6.18 Å². The summed E-state index contributed by atoms with van der Waals surface area (Å²) in [5, 5.41) is 3.45. The SMILES string of the molecule is Cc1ccc(-c2cc(C(F)(F)F)on2)cc1S(=O)(=O)N1CCN(c2ccccc2)CC1. The fraction of sp³-hybridized carbons (Fsp3) is 0.286. The van der Waals surface area contributed by atoms with Crippen LogP contribution in [0.3, 0.4) is 0 Å². The number of halogens is 3. The molecule has 31 heavy (non-hydrogen) atoms. The predicted molar refractivity (Wildman–Crippen MR) is 109 cm³/mol. The normalized spacial score (nSPS) is 15.9. The van der Waals surface area contributed by atoms with Gasteiger partial charge in [0.15, 0.2) is 0 Å². The Hall–Kier alpha value is -2.85. The van der Waals surface area contributed by atoms with Crippen molar-refractivity contribution in [2.45, 2.75) is 18.0 Å². The molecule has 3 aromatic rings. The number of rotatable bonds is 4. The van der Waals surface area contributed by atoms with E-state index in [2.05, 4.69) is 14.6 Å². The molecule has 1 fully saturated rings. The highest BCUT2D eigenvalue weighted by atomic mass is 32.2. The van der Waals surface area contributed by atoms with Gasteiger partial charge in [0, 0.05) is 43.5 Å². The lowest BCUT2D eigenvalue weighted by molar-refractivity contribution is -0.155. The van der Waals surface area contributed by atoms with Gasteiger partial charge in [-0.25, -0.2) is 8.42 Å². The molecule has 0 saturated carbocycles. The Kier molecular flexibility index (Phi) is 5.52. The highest BCUT2D eigenvalue weighted by Crippen LogP contribution is 2.33. The number of para-hydroxylation sites is 1. The Morgan fingerprint density at radius 1 is 0.968 bits per heavy atom. The molecule has 6 nitrogen and oxygen atoms in total. The minimum absolute atomic E-state index is 0.0507. The van der Waals surface area contributed by atoms with Crippen molar-refractivity contribution in [3.8, 4) is 11.3 Å². The zero-order valence-corrected chi connectivity index (χ0v) is 17.4. The van der Waals surface area contributed by atoms with Crippen LogP contribution in [0.1, 0.15) is 11.3 Å². The molecule has 0 radical (unpaired) electrons. The van der Waals surface area contributed by atoms with E-state index >= 15 is 0 Å². The first kappa shape index (κ1) is 21.4. The van der Waals surface area contributed by atoms with Gasteiger partial charge in [0.2, 0.25) is 15.8 Å². The molecule has 0 spiro atoms. The van der Waals surface area contributed by atoms with Gasteiger partial charge in [-0.1, -0.05) is 35.5 Å². The number of alkyl halides is 3. The monoisotopic (exact) mass is 451 g/mol. The van der Waals surface area contributed by atoms with E-state index in [1.165, 1.54) is 16.4 Å². The Bertz CT molecular complexity index is 1170.